The van der Waals surface area contributed by atoms with E-state index < -0.39 is 47.6 Å². The van der Waals surface area contributed by atoms with Crippen LogP contribution in [-0.2, 0) is 19.0 Å². The van der Waals surface area contributed by atoms with Gasteiger partial charge in [-0.1, -0.05) is 32.1 Å². The number of hydrogen-bond donors (Lipinski definition) is 2. The topological polar surface area (TPSA) is 106 Å². The van der Waals surface area contributed by atoms with Crippen molar-refractivity contribution in [2.24, 2.45) is 11.8 Å². The summed E-state index contributed by atoms with van der Waals surface area (Å²) in [7, 11) is 1.29. The van der Waals surface area contributed by atoms with Crippen molar-refractivity contribution in [3.63, 3.8) is 0 Å². The molecule has 0 radical (unpaired) electrons. The Labute approximate surface area is 192 Å². The van der Waals surface area contributed by atoms with Crippen LogP contribution in [0.5, 0.6) is 0 Å². The monoisotopic (exact) mass is 457 g/mol. The highest BCUT2D eigenvalue weighted by Gasteiger charge is 2.56. The van der Waals surface area contributed by atoms with E-state index >= 15 is 0 Å². The van der Waals surface area contributed by atoms with E-state index in [2.05, 4.69) is 0 Å². The van der Waals surface area contributed by atoms with E-state index in [9.17, 15) is 19.8 Å². The molecular formula is C24H43NO7. The molecule has 1 saturated heterocycles. The molecule has 32 heavy (non-hydrogen) atoms. The Morgan fingerprint density at radius 1 is 1.19 bits per heavy atom. The van der Waals surface area contributed by atoms with E-state index in [1.165, 1.54) is 13.5 Å². The first-order valence-corrected chi connectivity index (χ1v) is 12.0. The van der Waals surface area contributed by atoms with Gasteiger partial charge >= 0.3 is 12.1 Å². The number of ether oxygens (including phenoxy) is 3. The number of esters is 1. The molecule has 0 aromatic heterocycles. The van der Waals surface area contributed by atoms with Crippen molar-refractivity contribution in [1.82, 2.24) is 4.90 Å². The summed E-state index contributed by atoms with van der Waals surface area (Å²) in [5.74, 6) is -1.13. The van der Waals surface area contributed by atoms with Gasteiger partial charge in [0.05, 0.1) is 25.4 Å². The maximum atomic E-state index is 13.3. The summed E-state index contributed by atoms with van der Waals surface area (Å²) in [6, 6.07) is -0.434. The average molecular weight is 458 g/mol. The van der Waals surface area contributed by atoms with Crippen molar-refractivity contribution < 1.29 is 34.0 Å². The number of hydrogen-bond acceptors (Lipinski definition) is 7. The van der Waals surface area contributed by atoms with Crippen molar-refractivity contribution in [2.75, 3.05) is 13.7 Å². The number of nitrogens with zero attached hydrogens (tertiary/aromatic N) is 1. The zero-order chi connectivity index (χ0) is 24.1. The number of rotatable bonds is 8. The summed E-state index contributed by atoms with van der Waals surface area (Å²) in [6.45, 7) is 8.95. The van der Waals surface area contributed by atoms with Crippen LogP contribution in [0.25, 0.3) is 0 Å². The van der Waals surface area contributed by atoms with Gasteiger partial charge in [0.15, 0.2) is 0 Å². The zero-order valence-electron chi connectivity index (χ0n) is 20.6. The van der Waals surface area contributed by atoms with Gasteiger partial charge in [-0.3, -0.25) is 9.69 Å². The first kappa shape index (κ1) is 26.9. The summed E-state index contributed by atoms with van der Waals surface area (Å²) in [4.78, 5) is 27.7. The predicted molar refractivity (Wildman–Crippen MR) is 120 cm³/mol. The van der Waals surface area contributed by atoms with E-state index in [4.69, 9.17) is 14.2 Å². The van der Waals surface area contributed by atoms with Crippen LogP contribution in [0.2, 0.25) is 0 Å². The second-order valence-corrected chi connectivity index (χ2v) is 10.7. The molecule has 4 atom stereocenters. The first-order chi connectivity index (χ1) is 14.9. The molecule has 2 N–H and O–H groups in total. The Balaban J connectivity index is 2.42. The van der Waals surface area contributed by atoms with Crippen LogP contribution >= 0.6 is 0 Å². The average Bonchev–Trinajstić information content (AvgIpc) is 2.95. The molecule has 2 rings (SSSR count). The van der Waals surface area contributed by atoms with Gasteiger partial charge in [-0.2, -0.15) is 0 Å². The fourth-order valence-electron chi connectivity index (χ4n) is 5.12. The van der Waals surface area contributed by atoms with Crippen LogP contribution in [-0.4, -0.2) is 70.5 Å². The van der Waals surface area contributed by atoms with Gasteiger partial charge in [0.25, 0.3) is 0 Å². The molecule has 1 saturated carbocycles. The Kier molecular flexibility index (Phi) is 9.37. The molecule has 8 heteroatoms. The number of amides is 1. The molecule has 2 fully saturated rings. The van der Waals surface area contributed by atoms with Crippen molar-refractivity contribution in [1.29, 1.82) is 0 Å². The number of carbonyl (C=O) groups is 2. The van der Waals surface area contributed by atoms with Crippen molar-refractivity contribution in [3.05, 3.63) is 0 Å². The molecular weight excluding hydrogens is 414 g/mol. The molecule has 0 spiro atoms. The molecule has 0 aromatic carbocycles. The fraction of sp³-hybridized carbons (Fsp3) is 0.917. The molecule has 1 heterocycles. The van der Waals surface area contributed by atoms with Crippen molar-refractivity contribution in [3.8, 4) is 0 Å². The minimum Gasteiger partial charge on any atom is -0.469 e. The highest BCUT2D eigenvalue weighted by atomic mass is 16.6. The number of aliphatic hydroxyl groups excluding tert-OH is 2. The maximum Gasteiger partial charge on any atom is 0.412 e. The van der Waals surface area contributed by atoms with Crippen LogP contribution < -0.4 is 0 Å². The molecule has 2 aliphatic rings. The van der Waals surface area contributed by atoms with E-state index in [1.54, 1.807) is 18.7 Å². The number of aliphatic hydroxyl groups is 2. The van der Waals surface area contributed by atoms with Crippen LogP contribution in [0.15, 0.2) is 0 Å². The van der Waals surface area contributed by atoms with E-state index in [1.807, 2.05) is 20.8 Å². The highest BCUT2D eigenvalue weighted by Crippen LogP contribution is 2.42. The first-order valence-electron chi connectivity index (χ1n) is 12.0. The summed E-state index contributed by atoms with van der Waals surface area (Å²) < 4.78 is 17.1. The summed E-state index contributed by atoms with van der Waals surface area (Å²) in [5, 5.41) is 20.1. The standard InChI is InChI=1S/C24H43NO7/c1-23(2,3)32-22(29)25-17(15-16-11-8-7-9-12-16)20(31-24(25,4)5)19(21(28)30-6)18(27)13-10-14-26/h16-20,26-27H,7-15H2,1-6H3/t17-,18+,19+,20-/m0/s1. The third-order valence-electron chi connectivity index (χ3n) is 6.51. The Hall–Kier alpha value is -1.38. The van der Waals surface area contributed by atoms with Gasteiger partial charge in [0, 0.05) is 6.61 Å². The highest BCUT2D eigenvalue weighted by molar-refractivity contribution is 5.75. The van der Waals surface area contributed by atoms with Gasteiger partial charge in [-0.15, -0.1) is 0 Å². The molecule has 1 aliphatic carbocycles. The smallest absolute Gasteiger partial charge is 0.412 e. The van der Waals surface area contributed by atoms with E-state index in [0.717, 1.165) is 25.7 Å². The van der Waals surface area contributed by atoms with E-state index in [0.29, 0.717) is 18.8 Å². The van der Waals surface area contributed by atoms with Gasteiger partial charge in [0.1, 0.15) is 17.2 Å². The predicted octanol–water partition coefficient (Wildman–Crippen LogP) is 3.62. The second kappa shape index (κ2) is 11.2. The van der Waals surface area contributed by atoms with Crippen LogP contribution in [0.1, 0.15) is 86.0 Å². The van der Waals surface area contributed by atoms with Gasteiger partial charge < -0.3 is 24.4 Å². The maximum absolute atomic E-state index is 13.3. The summed E-state index contributed by atoms with van der Waals surface area (Å²) >= 11 is 0. The van der Waals surface area contributed by atoms with E-state index in [-0.39, 0.29) is 13.0 Å². The Morgan fingerprint density at radius 2 is 1.81 bits per heavy atom. The largest absolute Gasteiger partial charge is 0.469 e. The second-order valence-electron chi connectivity index (χ2n) is 10.7. The molecule has 0 unspecified atom stereocenters. The minimum absolute atomic E-state index is 0.0858. The van der Waals surface area contributed by atoms with Crippen LogP contribution in [0, 0.1) is 11.8 Å². The zero-order valence-corrected chi connectivity index (χ0v) is 20.6. The lowest BCUT2D eigenvalue weighted by Gasteiger charge is -2.37. The van der Waals surface area contributed by atoms with Crippen molar-refractivity contribution >= 4 is 12.1 Å². The van der Waals surface area contributed by atoms with Gasteiger partial charge in [-0.25, -0.2) is 4.79 Å². The molecule has 8 nitrogen and oxygen atoms in total. The van der Waals surface area contributed by atoms with Crippen LogP contribution in [0.4, 0.5) is 4.79 Å². The number of methoxy groups -OCH3 is 1. The Bertz CT molecular complexity index is 624. The summed E-state index contributed by atoms with van der Waals surface area (Å²) in [5.41, 5.74) is -1.70. The number of carbonyl (C=O) groups excluding carboxylic acids is 2. The molecule has 1 aliphatic heterocycles. The SMILES string of the molecule is COC(=O)[C@@H]([C@H]1OC(C)(C)N(C(=O)OC(C)(C)C)[C@H]1CC1CCCCC1)[C@H](O)CCCO. The molecule has 0 bridgehead atoms. The summed E-state index contributed by atoms with van der Waals surface area (Å²) in [6.07, 6.45) is 4.65. The van der Waals surface area contributed by atoms with Crippen molar-refractivity contribution in [2.45, 2.75) is 116 Å². The lowest BCUT2D eigenvalue weighted by atomic mass is 9.80. The lowest BCUT2D eigenvalue weighted by molar-refractivity contribution is -0.161. The quantitative estimate of drug-likeness (QED) is 0.536. The fourth-order valence-corrected chi connectivity index (χ4v) is 5.12. The molecule has 0 aromatic rings. The van der Waals surface area contributed by atoms with Crippen LogP contribution in [0.3, 0.4) is 0 Å². The lowest BCUT2D eigenvalue weighted by Crippen LogP contribution is -2.52. The minimum atomic E-state index is -1.05. The Morgan fingerprint density at radius 3 is 2.34 bits per heavy atom. The molecule has 186 valence electrons. The third kappa shape index (κ3) is 6.81. The molecule has 1 amide bonds. The third-order valence-corrected chi connectivity index (χ3v) is 6.51. The normalized spacial score (nSPS) is 25.9. The van der Waals surface area contributed by atoms with Gasteiger partial charge in [-0.05, 0) is 59.8 Å². The van der Waals surface area contributed by atoms with Gasteiger partial charge in [0.2, 0.25) is 0 Å².